The van der Waals surface area contributed by atoms with Crippen LogP contribution in [0.1, 0.15) is 0 Å². The van der Waals surface area contributed by atoms with Crippen molar-refractivity contribution in [3.63, 3.8) is 0 Å². The molecule has 3 nitrogen and oxygen atoms in total. The normalized spacial score (nSPS) is 15.4. The van der Waals surface area contributed by atoms with Crippen LogP contribution in [0.4, 0.5) is 5.69 Å². The summed E-state index contributed by atoms with van der Waals surface area (Å²) in [6, 6.07) is 1.96. The molecule has 0 radical (unpaired) electrons. The van der Waals surface area contributed by atoms with Crippen molar-refractivity contribution in [3.05, 3.63) is 11.4 Å². The van der Waals surface area contributed by atoms with Crippen LogP contribution >= 0.6 is 23.3 Å². The molecule has 52 valence electrons. The summed E-state index contributed by atoms with van der Waals surface area (Å²) in [5.41, 5.74) is 6.41. The van der Waals surface area contributed by atoms with Gasteiger partial charge in [-0.1, -0.05) is 0 Å². The molecule has 0 amide bonds. The van der Waals surface area contributed by atoms with Crippen molar-refractivity contribution in [1.82, 2.24) is 4.72 Å². The van der Waals surface area contributed by atoms with Crippen LogP contribution in [0.5, 0.6) is 0 Å². The Bertz CT molecular complexity index is 278. The van der Waals surface area contributed by atoms with Gasteiger partial charge in [0.25, 0.3) is 0 Å². The van der Waals surface area contributed by atoms with Gasteiger partial charge < -0.3 is 5.73 Å². The SMILES string of the molecule is NC1=Nc2ccsc2SN1. The first-order valence-electron chi connectivity index (χ1n) is 2.71. The molecule has 1 aromatic rings. The highest BCUT2D eigenvalue weighted by Gasteiger charge is 2.09. The summed E-state index contributed by atoms with van der Waals surface area (Å²) in [5, 5.41) is 2.00. The maximum Gasteiger partial charge on any atom is 0.204 e. The third-order valence-electron chi connectivity index (χ3n) is 1.10. The lowest BCUT2D eigenvalue weighted by atomic mass is 10.5. The summed E-state index contributed by atoms with van der Waals surface area (Å²) in [7, 11) is 0. The first-order chi connectivity index (χ1) is 4.86. The molecular weight excluding hydrogens is 166 g/mol. The van der Waals surface area contributed by atoms with E-state index in [-0.39, 0.29) is 0 Å². The predicted octanol–water partition coefficient (Wildman–Crippen LogP) is 1.30. The number of hydrogen-bond acceptors (Lipinski definition) is 5. The summed E-state index contributed by atoms with van der Waals surface area (Å²) >= 11 is 3.18. The van der Waals surface area contributed by atoms with Crippen molar-refractivity contribution in [2.45, 2.75) is 4.21 Å². The summed E-state index contributed by atoms with van der Waals surface area (Å²) in [6.45, 7) is 0. The van der Waals surface area contributed by atoms with Crippen LogP contribution < -0.4 is 10.5 Å². The van der Waals surface area contributed by atoms with Gasteiger partial charge in [-0.05, 0) is 11.4 Å². The quantitative estimate of drug-likeness (QED) is 0.578. The third-order valence-corrected chi connectivity index (χ3v) is 3.04. The van der Waals surface area contributed by atoms with Gasteiger partial charge >= 0.3 is 0 Å². The van der Waals surface area contributed by atoms with E-state index in [1.165, 1.54) is 16.2 Å². The fourth-order valence-electron chi connectivity index (χ4n) is 0.699. The first-order valence-corrected chi connectivity index (χ1v) is 4.40. The molecule has 1 aliphatic heterocycles. The van der Waals surface area contributed by atoms with Crippen LogP contribution in [-0.4, -0.2) is 5.96 Å². The van der Waals surface area contributed by atoms with Crippen LogP contribution in [-0.2, 0) is 0 Å². The van der Waals surface area contributed by atoms with Gasteiger partial charge in [-0.15, -0.1) is 11.3 Å². The highest BCUT2D eigenvalue weighted by atomic mass is 32.2. The number of fused-ring (bicyclic) bond motifs is 1. The fourth-order valence-corrected chi connectivity index (χ4v) is 2.20. The zero-order chi connectivity index (χ0) is 6.97. The number of nitrogens with one attached hydrogen (secondary N) is 1. The molecule has 0 fully saturated rings. The molecule has 0 saturated carbocycles. The molecule has 1 aliphatic rings. The molecule has 0 atom stereocenters. The highest BCUT2D eigenvalue weighted by molar-refractivity contribution is 8.00. The molecule has 0 unspecified atom stereocenters. The number of nitrogens with zero attached hydrogens (tertiary/aromatic N) is 1. The standard InChI is InChI=1S/C5H5N3S2/c6-5-7-3-1-2-9-4(3)10-8-5/h1-2H,(H3,6,7,8). The van der Waals surface area contributed by atoms with Crippen molar-refractivity contribution in [1.29, 1.82) is 0 Å². The Kier molecular flexibility index (Phi) is 1.32. The van der Waals surface area contributed by atoms with Gasteiger partial charge in [0.15, 0.2) is 0 Å². The maximum atomic E-state index is 5.43. The molecule has 0 bridgehead atoms. The van der Waals surface area contributed by atoms with E-state index in [2.05, 4.69) is 9.71 Å². The molecule has 10 heavy (non-hydrogen) atoms. The lowest BCUT2D eigenvalue weighted by Crippen LogP contribution is -2.26. The van der Waals surface area contributed by atoms with Crippen LogP contribution in [0.15, 0.2) is 20.6 Å². The topological polar surface area (TPSA) is 50.4 Å². The van der Waals surface area contributed by atoms with Crippen LogP contribution in [0, 0.1) is 0 Å². The van der Waals surface area contributed by atoms with Gasteiger partial charge in [0.05, 0.1) is 5.69 Å². The Morgan fingerprint density at radius 2 is 2.50 bits per heavy atom. The smallest absolute Gasteiger partial charge is 0.204 e. The van der Waals surface area contributed by atoms with Crippen molar-refractivity contribution in [2.24, 2.45) is 10.7 Å². The zero-order valence-electron chi connectivity index (χ0n) is 5.00. The average Bonchev–Trinajstić information content (AvgIpc) is 2.33. The molecule has 5 heteroatoms. The molecular formula is C5H5N3S2. The molecule has 0 aliphatic carbocycles. The van der Waals surface area contributed by atoms with Crippen molar-refractivity contribution in [3.8, 4) is 0 Å². The second-order valence-corrected chi connectivity index (χ2v) is 3.79. The van der Waals surface area contributed by atoms with Gasteiger partial charge in [-0.3, -0.25) is 4.72 Å². The molecule has 0 aromatic carbocycles. The van der Waals surface area contributed by atoms with Crippen LogP contribution in [0.2, 0.25) is 0 Å². The van der Waals surface area contributed by atoms with E-state index in [9.17, 15) is 0 Å². The fraction of sp³-hybridized carbons (Fsp3) is 0. The Morgan fingerprint density at radius 1 is 1.60 bits per heavy atom. The third kappa shape index (κ3) is 0.871. The second kappa shape index (κ2) is 2.17. The minimum atomic E-state index is 0.482. The van der Waals surface area contributed by atoms with E-state index in [1.54, 1.807) is 11.3 Å². The molecule has 1 aromatic heterocycles. The number of guanidine groups is 1. The molecule has 2 rings (SSSR count). The number of hydrogen-bond donors (Lipinski definition) is 2. The van der Waals surface area contributed by atoms with Crippen molar-refractivity contribution < 1.29 is 0 Å². The Balaban J connectivity index is 2.50. The lowest BCUT2D eigenvalue weighted by molar-refractivity contribution is 1.31. The minimum absolute atomic E-state index is 0.482. The molecule has 0 saturated heterocycles. The number of rotatable bonds is 0. The van der Waals surface area contributed by atoms with E-state index in [4.69, 9.17) is 5.73 Å². The average molecular weight is 171 g/mol. The van der Waals surface area contributed by atoms with Gasteiger partial charge in [0.1, 0.15) is 4.21 Å². The molecule has 3 N–H and O–H groups in total. The van der Waals surface area contributed by atoms with Gasteiger partial charge in [-0.2, -0.15) is 0 Å². The van der Waals surface area contributed by atoms with Crippen molar-refractivity contribution in [2.75, 3.05) is 0 Å². The van der Waals surface area contributed by atoms with Gasteiger partial charge in [0, 0.05) is 11.9 Å². The largest absolute Gasteiger partial charge is 0.369 e. The highest BCUT2D eigenvalue weighted by Crippen LogP contribution is 2.35. The van der Waals surface area contributed by atoms with E-state index >= 15 is 0 Å². The number of aliphatic imine (C=N–C) groups is 1. The second-order valence-electron chi connectivity index (χ2n) is 1.79. The van der Waals surface area contributed by atoms with Gasteiger partial charge in [0.2, 0.25) is 5.96 Å². The van der Waals surface area contributed by atoms with E-state index in [0.717, 1.165) is 5.69 Å². The van der Waals surface area contributed by atoms with E-state index in [0.29, 0.717) is 5.96 Å². The summed E-state index contributed by atoms with van der Waals surface area (Å²) in [6.07, 6.45) is 0. The predicted molar refractivity (Wildman–Crippen MR) is 44.6 cm³/mol. The monoisotopic (exact) mass is 171 g/mol. The lowest BCUT2D eigenvalue weighted by Gasteiger charge is -2.08. The maximum absolute atomic E-state index is 5.43. The van der Waals surface area contributed by atoms with E-state index < -0.39 is 0 Å². The number of nitrogens with two attached hydrogens (primary N) is 1. The summed E-state index contributed by atoms with van der Waals surface area (Å²) in [5.74, 6) is 0.482. The van der Waals surface area contributed by atoms with Crippen molar-refractivity contribution >= 4 is 34.9 Å². The summed E-state index contributed by atoms with van der Waals surface area (Å²) in [4.78, 5) is 4.08. The van der Waals surface area contributed by atoms with E-state index in [1.807, 2.05) is 11.4 Å². The Hall–Kier alpha value is -0.680. The number of thiophene rings is 1. The van der Waals surface area contributed by atoms with Crippen LogP contribution in [0.3, 0.4) is 0 Å². The van der Waals surface area contributed by atoms with Crippen LogP contribution in [0.25, 0.3) is 0 Å². The van der Waals surface area contributed by atoms with Gasteiger partial charge in [-0.25, -0.2) is 4.99 Å². The Labute approximate surface area is 66.5 Å². The first kappa shape index (κ1) is 6.06. The molecule has 2 heterocycles. The summed E-state index contributed by atoms with van der Waals surface area (Å²) < 4.78 is 4.05. The Morgan fingerprint density at radius 3 is 3.40 bits per heavy atom. The minimum Gasteiger partial charge on any atom is -0.369 e. The molecule has 0 spiro atoms. The zero-order valence-corrected chi connectivity index (χ0v) is 6.63.